The van der Waals surface area contributed by atoms with E-state index in [4.69, 9.17) is 4.74 Å². The summed E-state index contributed by atoms with van der Waals surface area (Å²) < 4.78 is 18.7. The molecule has 1 aromatic rings. The summed E-state index contributed by atoms with van der Waals surface area (Å²) in [5, 5.41) is 0. The van der Waals surface area contributed by atoms with Crippen molar-refractivity contribution in [2.75, 3.05) is 32.8 Å². The van der Waals surface area contributed by atoms with Gasteiger partial charge in [-0.25, -0.2) is 4.39 Å². The molecular weight excluding hydrogens is 319 g/mol. The van der Waals surface area contributed by atoms with Crippen LogP contribution in [0.3, 0.4) is 0 Å². The van der Waals surface area contributed by atoms with Crippen molar-refractivity contribution in [1.82, 2.24) is 9.80 Å². The fourth-order valence-corrected chi connectivity index (χ4v) is 3.76. The first-order valence-electron chi connectivity index (χ1n) is 9.07. The minimum Gasteiger partial charge on any atom is -0.373 e. The first-order chi connectivity index (χ1) is 12.0. The number of hydrogen-bond acceptors (Lipinski definition) is 3. The van der Waals surface area contributed by atoms with E-state index in [2.05, 4.69) is 11.5 Å². The highest BCUT2D eigenvalue weighted by atomic mass is 19.1. The van der Waals surface area contributed by atoms with E-state index in [0.717, 1.165) is 56.7 Å². The largest absolute Gasteiger partial charge is 0.373 e. The topological polar surface area (TPSA) is 32.8 Å². The number of halogens is 1. The van der Waals surface area contributed by atoms with Crippen molar-refractivity contribution in [1.29, 1.82) is 0 Å². The van der Waals surface area contributed by atoms with Crippen LogP contribution in [0.25, 0.3) is 0 Å². The summed E-state index contributed by atoms with van der Waals surface area (Å²) in [6, 6.07) is 6.66. The standard InChI is InChI=1S/C20H27FN2O2/c1-15(2)19-18(8-13-25-19)20(24)23-10-3-9-22(11-12-23)14-16-4-6-17(21)7-5-16/h4-7,18-19H,1,3,8-14H2,2H3/t18-,19-/m1/s1. The molecule has 0 spiro atoms. The molecule has 5 heteroatoms. The van der Waals surface area contributed by atoms with E-state index in [1.807, 2.05) is 24.0 Å². The maximum atomic E-state index is 13.0. The molecule has 4 nitrogen and oxygen atoms in total. The SMILES string of the molecule is C=C(C)[C@H]1OCC[C@H]1C(=O)N1CCCN(Cc2ccc(F)cc2)CC1. The second kappa shape index (κ2) is 8.11. The number of ether oxygens (including phenoxy) is 1. The van der Waals surface area contributed by atoms with Gasteiger partial charge in [-0.05, 0) is 37.5 Å². The van der Waals surface area contributed by atoms with Gasteiger partial charge in [0, 0.05) is 39.3 Å². The Morgan fingerprint density at radius 3 is 2.72 bits per heavy atom. The van der Waals surface area contributed by atoms with Gasteiger partial charge < -0.3 is 9.64 Å². The first kappa shape index (κ1) is 18.1. The molecule has 3 rings (SSSR count). The number of rotatable bonds is 4. The molecule has 2 aliphatic rings. The van der Waals surface area contributed by atoms with Crippen LogP contribution in [0, 0.1) is 11.7 Å². The van der Waals surface area contributed by atoms with E-state index in [0.29, 0.717) is 6.61 Å². The summed E-state index contributed by atoms with van der Waals surface area (Å²) in [5.41, 5.74) is 2.04. The third-order valence-electron chi connectivity index (χ3n) is 5.11. The van der Waals surface area contributed by atoms with Gasteiger partial charge in [-0.15, -0.1) is 0 Å². The molecular formula is C20H27FN2O2. The van der Waals surface area contributed by atoms with Crippen molar-refractivity contribution in [3.63, 3.8) is 0 Å². The predicted octanol–water partition coefficient (Wildman–Crippen LogP) is 2.84. The number of carbonyl (C=O) groups excluding carboxylic acids is 1. The molecule has 2 aliphatic heterocycles. The lowest BCUT2D eigenvalue weighted by atomic mass is 9.95. The molecule has 0 radical (unpaired) electrons. The van der Waals surface area contributed by atoms with Crippen LogP contribution in [-0.4, -0.2) is 54.6 Å². The van der Waals surface area contributed by atoms with E-state index < -0.39 is 0 Å². The quantitative estimate of drug-likeness (QED) is 0.786. The number of carbonyl (C=O) groups is 1. The van der Waals surface area contributed by atoms with Gasteiger partial charge in [0.25, 0.3) is 0 Å². The molecule has 1 amide bonds. The fraction of sp³-hybridized carbons (Fsp3) is 0.550. The van der Waals surface area contributed by atoms with Crippen LogP contribution in [0.4, 0.5) is 4.39 Å². The highest BCUT2D eigenvalue weighted by molar-refractivity contribution is 5.80. The molecule has 2 saturated heterocycles. The van der Waals surface area contributed by atoms with Crippen molar-refractivity contribution in [3.8, 4) is 0 Å². The summed E-state index contributed by atoms with van der Waals surface area (Å²) in [6.45, 7) is 10.7. The smallest absolute Gasteiger partial charge is 0.228 e. The van der Waals surface area contributed by atoms with Crippen LogP contribution in [0.2, 0.25) is 0 Å². The summed E-state index contributed by atoms with van der Waals surface area (Å²) in [5.74, 6) is -0.0856. The van der Waals surface area contributed by atoms with Crippen LogP contribution < -0.4 is 0 Å². The predicted molar refractivity (Wildman–Crippen MR) is 95.5 cm³/mol. The first-order valence-corrected chi connectivity index (χ1v) is 9.07. The van der Waals surface area contributed by atoms with Crippen LogP contribution in [-0.2, 0) is 16.1 Å². The monoisotopic (exact) mass is 346 g/mol. The number of benzene rings is 1. The second-order valence-electron chi connectivity index (χ2n) is 7.11. The molecule has 0 aliphatic carbocycles. The Morgan fingerprint density at radius 1 is 1.24 bits per heavy atom. The molecule has 0 aromatic heterocycles. The lowest BCUT2D eigenvalue weighted by molar-refractivity contribution is -0.136. The highest BCUT2D eigenvalue weighted by Gasteiger charge is 2.37. The summed E-state index contributed by atoms with van der Waals surface area (Å²) >= 11 is 0. The molecule has 2 fully saturated rings. The summed E-state index contributed by atoms with van der Waals surface area (Å²) in [6.07, 6.45) is 1.61. The van der Waals surface area contributed by atoms with Gasteiger partial charge in [0.05, 0.1) is 12.0 Å². The molecule has 0 unspecified atom stereocenters. The minimum absolute atomic E-state index is 0.0823. The molecule has 136 valence electrons. The van der Waals surface area contributed by atoms with Crippen LogP contribution in [0.5, 0.6) is 0 Å². The van der Waals surface area contributed by atoms with E-state index in [-0.39, 0.29) is 23.7 Å². The van der Waals surface area contributed by atoms with E-state index in [9.17, 15) is 9.18 Å². The van der Waals surface area contributed by atoms with Crippen molar-refractivity contribution in [2.45, 2.75) is 32.4 Å². The van der Waals surface area contributed by atoms with Gasteiger partial charge in [-0.2, -0.15) is 0 Å². The Kier molecular flexibility index (Phi) is 5.86. The van der Waals surface area contributed by atoms with Gasteiger partial charge in [0.2, 0.25) is 5.91 Å². The Morgan fingerprint density at radius 2 is 2.00 bits per heavy atom. The molecule has 0 saturated carbocycles. The molecule has 2 heterocycles. The van der Waals surface area contributed by atoms with Crippen molar-refractivity contribution in [2.24, 2.45) is 5.92 Å². The Hall–Kier alpha value is -1.72. The highest BCUT2D eigenvalue weighted by Crippen LogP contribution is 2.28. The zero-order valence-electron chi connectivity index (χ0n) is 14.9. The van der Waals surface area contributed by atoms with E-state index >= 15 is 0 Å². The summed E-state index contributed by atoms with van der Waals surface area (Å²) in [4.78, 5) is 17.2. The molecule has 25 heavy (non-hydrogen) atoms. The zero-order chi connectivity index (χ0) is 17.8. The van der Waals surface area contributed by atoms with Crippen molar-refractivity contribution < 1.29 is 13.9 Å². The van der Waals surface area contributed by atoms with Crippen LogP contribution >= 0.6 is 0 Å². The number of nitrogens with zero attached hydrogens (tertiary/aromatic N) is 2. The van der Waals surface area contributed by atoms with Crippen LogP contribution in [0.1, 0.15) is 25.3 Å². The zero-order valence-corrected chi connectivity index (χ0v) is 14.9. The lowest BCUT2D eigenvalue weighted by Gasteiger charge is -2.27. The van der Waals surface area contributed by atoms with Gasteiger partial charge in [0.1, 0.15) is 5.82 Å². The Bertz CT molecular complexity index is 617. The van der Waals surface area contributed by atoms with Crippen LogP contribution in [0.15, 0.2) is 36.4 Å². The Balaban J connectivity index is 1.56. The van der Waals surface area contributed by atoms with Gasteiger partial charge in [0.15, 0.2) is 0 Å². The molecule has 2 atom stereocenters. The number of hydrogen-bond donors (Lipinski definition) is 0. The molecule has 0 N–H and O–H groups in total. The normalized spacial score (nSPS) is 25.0. The number of amides is 1. The average Bonchev–Trinajstić information content (AvgIpc) is 2.98. The Labute approximate surface area is 149 Å². The van der Waals surface area contributed by atoms with Crippen molar-refractivity contribution >= 4 is 5.91 Å². The van der Waals surface area contributed by atoms with E-state index in [1.54, 1.807) is 0 Å². The lowest BCUT2D eigenvalue weighted by Crippen LogP contribution is -2.41. The van der Waals surface area contributed by atoms with Gasteiger partial charge in [-0.1, -0.05) is 24.3 Å². The molecule has 1 aromatic carbocycles. The van der Waals surface area contributed by atoms with Gasteiger partial charge >= 0.3 is 0 Å². The molecule has 0 bridgehead atoms. The third kappa shape index (κ3) is 4.47. The fourth-order valence-electron chi connectivity index (χ4n) is 3.76. The van der Waals surface area contributed by atoms with Crippen molar-refractivity contribution in [3.05, 3.63) is 47.8 Å². The second-order valence-corrected chi connectivity index (χ2v) is 7.11. The maximum absolute atomic E-state index is 13.0. The van der Waals surface area contributed by atoms with E-state index in [1.165, 1.54) is 12.1 Å². The van der Waals surface area contributed by atoms with Gasteiger partial charge in [-0.3, -0.25) is 9.69 Å². The third-order valence-corrected chi connectivity index (χ3v) is 5.11. The average molecular weight is 346 g/mol. The minimum atomic E-state index is -0.206. The maximum Gasteiger partial charge on any atom is 0.228 e. The summed E-state index contributed by atoms with van der Waals surface area (Å²) in [7, 11) is 0.